The molecule has 0 fully saturated rings. The van der Waals surface area contributed by atoms with Crippen LogP contribution in [0.25, 0.3) is 0 Å². The Morgan fingerprint density at radius 1 is 1.35 bits per heavy atom. The van der Waals surface area contributed by atoms with Crippen molar-refractivity contribution in [3.8, 4) is 11.8 Å². The van der Waals surface area contributed by atoms with Gasteiger partial charge in [-0.3, -0.25) is 4.79 Å². The maximum absolute atomic E-state index is 11.4. The first kappa shape index (κ1) is 16.0. The molecule has 0 heterocycles. The Kier molecular flexibility index (Phi) is 7.15. The first-order chi connectivity index (χ1) is 9.65. The van der Waals surface area contributed by atoms with E-state index in [4.69, 9.17) is 10.00 Å². The zero-order chi connectivity index (χ0) is 14.8. The standard InChI is InChI=1S/C15H21N3O2/c1-12(2)15(19)18-9-8-17-11-13-5-3-4-6-14(13)20-10-7-16/h3-6,12,17H,8-11H2,1-2H3,(H,18,19). The zero-order valence-electron chi connectivity index (χ0n) is 12.0. The van der Waals surface area contributed by atoms with Crippen LogP contribution in [-0.4, -0.2) is 25.6 Å². The lowest BCUT2D eigenvalue weighted by Crippen LogP contribution is -2.34. The van der Waals surface area contributed by atoms with Gasteiger partial charge in [-0.25, -0.2) is 0 Å². The number of carbonyl (C=O) groups is 1. The summed E-state index contributed by atoms with van der Waals surface area (Å²) in [4.78, 5) is 11.4. The number of hydrogen-bond acceptors (Lipinski definition) is 4. The number of ether oxygens (including phenoxy) is 1. The van der Waals surface area contributed by atoms with Crippen molar-refractivity contribution in [2.75, 3.05) is 19.7 Å². The topological polar surface area (TPSA) is 74.2 Å². The van der Waals surface area contributed by atoms with Crippen LogP contribution in [0.3, 0.4) is 0 Å². The lowest BCUT2D eigenvalue weighted by Gasteiger charge is -2.11. The Morgan fingerprint density at radius 2 is 2.10 bits per heavy atom. The maximum Gasteiger partial charge on any atom is 0.222 e. The van der Waals surface area contributed by atoms with Crippen molar-refractivity contribution in [2.45, 2.75) is 20.4 Å². The average Bonchev–Trinajstić information content (AvgIpc) is 2.45. The molecule has 0 radical (unpaired) electrons. The van der Waals surface area contributed by atoms with Crippen molar-refractivity contribution in [2.24, 2.45) is 5.92 Å². The fourth-order valence-corrected chi connectivity index (χ4v) is 1.60. The molecule has 0 saturated heterocycles. The van der Waals surface area contributed by atoms with E-state index < -0.39 is 0 Å². The summed E-state index contributed by atoms with van der Waals surface area (Å²) >= 11 is 0. The molecule has 5 heteroatoms. The number of amides is 1. The Hall–Kier alpha value is -2.06. The summed E-state index contributed by atoms with van der Waals surface area (Å²) < 4.78 is 5.34. The molecule has 2 N–H and O–H groups in total. The molecular formula is C15H21N3O2. The summed E-state index contributed by atoms with van der Waals surface area (Å²) in [6.45, 7) is 5.70. The monoisotopic (exact) mass is 275 g/mol. The third-order valence-corrected chi connectivity index (χ3v) is 2.71. The molecule has 5 nitrogen and oxygen atoms in total. The number of rotatable bonds is 8. The van der Waals surface area contributed by atoms with E-state index in [1.807, 2.05) is 44.2 Å². The van der Waals surface area contributed by atoms with E-state index >= 15 is 0 Å². The lowest BCUT2D eigenvalue weighted by molar-refractivity contribution is -0.123. The minimum Gasteiger partial charge on any atom is -0.478 e. The van der Waals surface area contributed by atoms with Gasteiger partial charge in [0.05, 0.1) is 0 Å². The van der Waals surface area contributed by atoms with E-state index in [0.29, 0.717) is 25.4 Å². The van der Waals surface area contributed by atoms with Crippen LogP contribution in [0.4, 0.5) is 0 Å². The van der Waals surface area contributed by atoms with E-state index in [-0.39, 0.29) is 18.4 Å². The molecule has 1 amide bonds. The lowest BCUT2D eigenvalue weighted by atomic mass is 10.2. The van der Waals surface area contributed by atoms with E-state index in [1.54, 1.807) is 0 Å². The van der Waals surface area contributed by atoms with Gasteiger partial charge in [-0.15, -0.1) is 0 Å². The molecule has 0 aliphatic heterocycles. The van der Waals surface area contributed by atoms with Gasteiger partial charge in [0.2, 0.25) is 5.91 Å². The number of benzene rings is 1. The van der Waals surface area contributed by atoms with E-state index in [9.17, 15) is 4.79 Å². The van der Waals surface area contributed by atoms with Crippen LogP contribution in [0.5, 0.6) is 5.75 Å². The van der Waals surface area contributed by atoms with Gasteiger partial charge >= 0.3 is 0 Å². The third-order valence-electron chi connectivity index (χ3n) is 2.71. The molecule has 0 aliphatic rings. The van der Waals surface area contributed by atoms with E-state index in [1.165, 1.54) is 0 Å². The minimum absolute atomic E-state index is 0.00936. The molecule has 0 unspecified atom stereocenters. The second kappa shape index (κ2) is 8.94. The van der Waals surface area contributed by atoms with Crippen molar-refractivity contribution in [1.82, 2.24) is 10.6 Å². The summed E-state index contributed by atoms with van der Waals surface area (Å²) in [6.07, 6.45) is 0. The van der Waals surface area contributed by atoms with Gasteiger partial charge in [0, 0.05) is 31.1 Å². The molecule has 108 valence electrons. The van der Waals surface area contributed by atoms with Gasteiger partial charge in [0.15, 0.2) is 6.61 Å². The number of nitrogens with one attached hydrogen (secondary N) is 2. The number of para-hydroxylation sites is 1. The number of nitriles is 1. The normalized spacial score (nSPS) is 10.1. The number of carbonyl (C=O) groups excluding carboxylic acids is 1. The summed E-state index contributed by atoms with van der Waals surface area (Å²) in [6, 6.07) is 9.55. The Labute approximate surface area is 119 Å². The Balaban J connectivity index is 2.31. The van der Waals surface area contributed by atoms with Crippen molar-refractivity contribution in [1.29, 1.82) is 5.26 Å². The highest BCUT2D eigenvalue weighted by Crippen LogP contribution is 2.17. The first-order valence-electron chi connectivity index (χ1n) is 6.71. The molecule has 1 aromatic rings. The predicted molar refractivity (Wildman–Crippen MR) is 77.1 cm³/mol. The van der Waals surface area contributed by atoms with Crippen molar-refractivity contribution < 1.29 is 9.53 Å². The molecule has 0 bridgehead atoms. The maximum atomic E-state index is 11.4. The molecule has 0 aromatic heterocycles. The number of hydrogen-bond donors (Lipinski definition) is 2. The predicted octanol–water partition coefficient (Wildman–Crippen LogP) is 1.45. The van der Waals surface area contributed by atoms with Crippen LogP contribution < -0.4 is 15.4 Å². The highest BCUT2D eigenvalue weighted by atomic mass is 16.5. The fraction of sp³-hybridized carbons (Fsp3) is 0.467. The average molecular weight is 275 g/mol. The summed E-state index contributed by atoms with van der Waals surface area (Å²) in [5.74, 6) is 0.785. The van der Waals surface area contributed by atoms with E-state index in [0.717, 1.165) is 5.56 Å². The Bertz CT molecular complexity index is 466. The van der Waals surface area contributed by atoms with E-state index in [2.05, 4.69) is 10.6 Å². The summed E-state index contributed by atoms with van der Waals surface area (Å²) in [7, 11) is 0. The van der Waals surface area contributed by atoms with Gasteiger partial charge in [0.25, 0.3) is 0 Å². The van der Waals surface area contributed by atoms with Gasteiger partial charge in [-0.1, -0.05) is 32.0 Å². The van der Waals surface area contributed by atoms with Gasteiger partial charge in [-0.2, -0.15) is 5.26 Å². The molecule has 0 atom stereocenters. The molecular weight excluding hydrogens is 254 g/mol. The molecule has 0 aliphatic carbocycles. The smallest absolute Gasteiger partial charge is 0.222 e. The van der Waals surface area contributed by atoms with Crippen LogP contribution in [-0.2, 0) is 11.3 Å². The molecule has 0 spiro atoms. The second-order valence-corrected chi connectivity index (χ2v) is 4.68. The highest BCUT2D eigenvalue weighted by Gasteiger charge is 2.05. The van der Waals surface area contributed by atoms with Crippen molar-refractivity contribution in [3.63, 3.8) is 0 Å². The van der Waals surface area contributed by atoms with Crippen LogP contribution >= 0.6 is 0 Å². The largest absolute Gasteiger partial charge is 0.478 e. The molecule has 1 aromatic carbocycles. The van der Waals surface area contributed by atoms with Crippen LogP contribution in [0.1, 0.15) is 19.4 Å². The fourth-order valence-electron chi connectivity index (χ4n) is 1.60. The first-order valence-corrected chi connectivity index (χ1v) is 6.71. The zero-order valence-corrected chi connectivity index (χ0v) is 12.0. The van der Waals surface area contributed by atoms with Gasteiger partial charge in [-0.05, 0) is 6.07 Å². The molecule has 0 saturated carbocycles. The van der Waals surface area contributed by atoms with Crippen molar-refractivity contribution in [3.05, 3.63) is 29.8 Å². The number of nitrogens with zero attached hydrogens (tertiary/aromatic N) is 1. The second-order valence-electron chi connectivity index (χ2n) is 4.68. The van der Waals surface area contributed by atoms with Crippen LogP contribution in [0, 0.1) is 17.2 Å². The third kappa shape index (κ3) is 5.72. The van der Waals surface area contributed by atoms with Crippen LogP contribution in [0.2, 0.25) is 0 Å². The molecule has 1 rings (SSSR count). The SMILES string of the molecule is CC(C)C(=O)NCCNCc1ccccc1OCC#N. The Morgan fingerprint density at radius 3 is 2.80 bits per heavy atom. The highest BCUT2D eigenvalue weighted by molar-refractivity contribution is 5.77. The molecule has 20 heavy (non-hydrogen) atoms. The summed E-state index contributed by atoms with van der Waals surface area (Å²) in [5.41, 5.74) is 0.998. The summed E-state index contributed by atoms with van der Waals surface area (Å²) in [5, 5.41) is 14.6. The van der Waals surface area contributed by atoms with Crippen molar-refractivity contribution >= 4 is 5.91 Å². The quantitative estimate of drug-likeness (QED) is 0.704. The minimum atomic E-state index is 0.00936. The van der Waals surface area contributed by atoms with Gasteiger partial charge < -0.3 is 15.4 Å². The van der Waals surface area contributed by atoms with Crippen LogP contribution in [0.15, 0.2) is 24.3 Å². The van der Waals surface area contributed by atoms with Gasteiger partial charge in [0.1, 0.15) is 11.8 Å².